The number of sulfone groups is 1. The van der Waals surface area contributed by atoms with Crippen molar-refractivity contribution in [3.63, 3.8) is 0 Å². The van der Waals surface area contributed by atoms with Gasteiger partial charge in [-0.3, -0.25) is 14.3 Å². The van der Waals surface area contributed by atoms with E-state index in [1.54, 1.807) is 42.5 Å². The van der Waals surface area contributed by atoms with Crippen LogP contribution in [0.25, 0.3) is 5.69 Å². The summed E-state index contributed by atoms with van der Waals surface area (Å²) in [7, 11) is -5.60. The zero-order valence-electron chi connectivity index (χ0n) is 19.8. The molecular weight excluding hydrogens is 525 g/mol. The Bertz CT molecular complexity index is 1620. The molecule has 0 bridgehead atoms. The zero-order valence-corrected chi connectivity index (χ0v) is 20.6. The van der Waals surface area contributed by atoms with Crippen LogP contribution in [0.1, 0.15) is 23.0 Å². The molecule has 2 aromatic carbocycles. The fraction of sp³-hybridized carbons (Fsp3) is 0.160. The smallest absolute Gasteiger partial charge is 0.493 e. The maximum Gasteiger partial charge on any atom is 0.501 e. The standard InChI is InChI=1S/C25H21F3N4O5S/c1-16-23(34)32(19-7-9-20(10-8-19)38(36,37)25(26,27)28)24(35)31(16)22(18-11-13-29-14-12-18)30-21(33)15-17-5-3-2-4-6-17/h2-14,22,34H,15H2,1H3,(H,30,33). The number of nitrogens with zero attached hydrogens (tertiary/aromatic N) is 3. The second-order valence-electron chi connectivity index (χ2n) is 8.25. The van der Waals surface area contributed by atoms with Crippen LogP contribution in [0, 0.1) is 6.92 Å². The van der Waals surface area contributed by atoms with Gasteiger partial charge in [-0.05, 0) is 54.4 Å². The molecule has 9 nitrogen and oxygen atoms in total. The highest BCUT2D eigenvalue weighted by atomic mass is 32.2. The topological polar surface area (TPSA) is 123 Å². The lowest BCUT2D eigenvalue weighted by Crippen LogP contribution is -2.39. The van der Waals surface area contributed by atoms with Crippen LogP contribution >= 0.6 is 0 Å². The van der Waals surface area contributed by atoms with Crippen LogP contribution in [-0.2, 0) is 21.1 Å². The van der Waals surface area contributed by atoms with Crippen LogP contribution in [0.3, 0.4) is 0 Å². The van der Waals surface area contributed by atoms with E-state index in [0.717, 1.165) is 26.8 Å². The van der Waals surface area contributed by atoms with Crippen molar-refractivity contribution in [1.82, 2.24) is 19.4 Å². The summed E-state index contributed by atoms with van der Waals surface area (Å²) in [5.41, 5.74) is -5.16. The number of pyridine rings is 1. The van der Waals surface area contributed by atoms with Crippen LogP contribution < -0.4 is 11.0 Å². The molecule has 1 atom stereocenters. The minimum Gasteiger partial charge on any atom is -0.493 e. The van der Waals surface area contributed by atoms with Gasteiger partial charge < -0.3 is 10.4 Å². The number of nitrogens with one attached hydrogen (secondary N) is 1. The Morgan fingerprint density at radius 2 is 1.63 bits per heavy atom. The Hall–Kier alpha value is -4.39. The lowest BCUT2D eigenvalue weighted by atomic mass is 10.1. The van der Waals surface area contributed by atoms with Gasteiger partial charge in [-0.25, -0.2) is 17.8 Å². The molecule has 0 spiro atoms. The number of hydrogen-bond acceptors (Lipinski definition) is 6. The first-order valence-electron chi connectivity index (χ1n) is 11.1. The van der Waals surface area contributed by atoms with Gasteiger partial charge in [0.2, 0.25) is 11.8 Å². The summed E-state index contributed by atoms with van der Waals surface area (Å²) < 4.78 is 64.0. The van der Waals surface area contributed by atoms with Crippen molar-refractivity contribution in [3.8, 4) is 11.6 Å². The van der Waals surface area contributed by atoms with Crippen molar-refractivity contribution in [1.29, 1.82) is 0 Å². The molecule has 0 aliphatic rings. The second-order valence-corrected chi connectivity index (χ2v) is 10.2. The third-order valence-corrected chi connectivity index (χ3v) is 7.29. The Labute approximate surface area is 214 Å². The van der Waals surface area contributed by atoms with Gasteiger partial charge in [0.05, 0.1) is 22.7 Å². The molecule has 2 heterocycles. The summed E-state index contributed by atoms with van der Waals surface area (Å²) in [5, 5.41) is 13.6. The molecule has 4 rings (SSSR count). The average molecular weight is 547 g/mol. The van der Waals surface area contributed by atoms with Crippen molar-refractivity contribution >= 4 is 15.7 Å². The van der Waals surface area contributed by atoms with Crippen molar-refractivity contribution in [3.05, 3.63) is 106 Å². The Morgan fingerprint density at radius 1 is 1.03 bits per heavy atom. The van der Waals surface area contributed by atoms with E-state index >= 15 is 0 Å². The maximum atomic E-state index is 13.5. The molecule has 0 saturated carbocycles. The highest BCUT2D eigenvalue weighted by Gasteiger charge is 2.46. The lowest BCUT2D eigenvalue weighted by molar-refractivity contribution is -0.121. The summed E-state index contributed by atoms with van der Waals surface area (Å²) in [6.45, 7) is 1.42. The minimum atomic E-state index is -5.60. The number of aromatic hydroxyl groups is 1. The van der Waals surface area contributed by atoms with Crippen LogP contribution in [0.4, 0.5) is 13.2 Å². The molecule has 0 aliphatic heterocycles. The minimum absolute atomic E-state index is 0.0120. The first kappa shape index (κ1) is 26.7. The molecule has 198 valence electrons. The predicted molar refractivity (Wildman–Crippen MR) is 130 cm³/mol. The van der Waals surface area contributed by atoms with E-state index in [1.165, 1.54) is 19.3 Å². The number of alkyl halides is 3. The van der Waals surface area contributed by atoms with E-state index in [0.29, 0.717) is 17.7 Å². The highest BCUT2D eigenvalue weighted by molar-refractivity contribution is 7.92. The lowest BCUT2D eigenvalue weighted by Gasteiger charge is -2.21. The van der Waals surface area contributed by atoms with E-state index in [1.807, 2.05) is 0 Å². The van der Waals surface area contributed by atoms with Gasteiger partial charge in [0, 0.05) is 12.4 Å². The monoisotopic (exact) mass is 546 g/mol. The normalized spacial score (nSPS) is 12.7. The molecule has 38 heavy (non-hydrogen) atoms. The Balaban J connectivity index is 1.76. The van der Waals surface area contributed by atoms with Crippen molar-refractivity contribution in [2.75, 3.05) is 0 Å². The summed E-state index contributed by atoms with van der Waals surface area (Å²) in [5.74, 6) is -0.962. The quantitative estimate of drug-likeness (QED) is 0.367. The van der Waals surface area contributed by atoms with Crippen molar-refractivity contribution < 1.29 is 31.5 Å². The number of imidazole rings is 1. The van der Waals surface area contributed by atoms with Crippen LogP contribution in [0.5, 0.6) is 5.88 Å². The third kappa shape index (κ3) is 5.05. The number of carbonyl (C=O) groups is 1. The van der Waals surface area contributed by atoms with Gasteiger partial charge >= 0.3 is 11.2 Å². The number of aromatic nitrogens is 3. The fourth-order valence-corrected chi connectivity index (χ4v) is 4.65. The van der Waals surface area contributed by atoms with Crippen LogP contribution in [0.2, 0.25) is 0 Å². The van der Waals surface area contributed by atoms with Crippen molar-refractivity contribution in [2.24, 2.45) is 0 Å². The van der Waals surface area contributed by atoms with Gasteiger partial charge in [-0.1, -0.05) is 30.3 Å². The van der Waals surface area contributed by atoms with E-state index in [-0.39, 0.29) is 17.8 Å². The van der Waals surface area contributed by atoms with Gasteiger partial charge in [-0.2, -0.15) is 13.2 Å². The molecule has 0 aliphatic carbocycles. The van der Waals surface area contributed by atoms with Gasteiger partial charge in [0.25, 0.3) is 9.84 Å². The third-order valence-electron chi connectivity index (χ3n) is 5.79. The number of amides is 1. The molecule has 2 N–H and O–H groups in total. The Morgan fingerprint density at radius 3 is 2.21 bits per heavy atom. The number of carbonyl (C=O) groups excluding carboxylic acids is 1. The first-order valence-corrected chi connectivity index (χ1v) is 12.6. The molecule has 4 aromatic rings. The molecule has 2 aromatic heterocycles. The molecule has 13 heteroatoms. The average Bonchev–Trinajstić information content (AvgIpc) is 3.10. The van der Waals surface area contributed by atoms with Crippen LogP contribution in [-0.4, -0.2) is 39.1 Å². The van der Waals surface area contributed by atoms with E-state index in [2.05, 4.69) is 10.3 Å². The number of hydrogen-bond donors (Lipinski definition) is 2. The molecule has 1 unspecified atom stereocenters. The van der Waals surface area contributed by atoms with E-state index in [4.69, 9.17) is 0 Å². The van der Waals surface area contributed by atoms with Crippen LogP contribution in [0.15, 0.2) is 88.8 Å². The van der Waals surface area contributed by atoms with Gasteiger partial charge in [-0.15, -0.1) is 0 Å². The number of rotatable bonds is 7. The first-order chi connectivity index (χ1) is 17.9. The van der Waals surface area contributed by atoms with E-state index in [9.17, 15) is 36.3 Å². The summed E-state index contributed by atoms with van der Waals surface area (Å²) in [4.78, 5) is 29.3. The maximum absolute atomic E-state index is 13.5. The highest BCUT2D eigenvalue weighted by Crippen LogP contribution is 2.31. The Kier molecular flexibility index (Phi) is 7.14. The number of halogens is 3. The molecule has 1 amide bonds. The van der Waals surface area contributed by atoms with Gasteiger partial charge in [0.1, 0.15) is 6.17 Å². The van der Waals surface area contributed by atoms with E-state index < -0.39 is 43.9 Å². The summed E-state index contributed by atoms with van der Waals surface area (Å²) >= 11 is 0. The molecule has 0 fully saturated rings. The predicted octanol–water partition coefficient (Wildman–Crippen LogP) is 3.25. The molecule has 0 saturated heterocycles. The zero-order chi connectivity index (χ0) is 27.7. The fourth-order valence-electron chi connectivity index (χ4n) is 3.88. The molecule has 0 radical (unpaired) electrons. The largest absolute Gasteiger partial charge is 0.501 e. The molecular formula is C25H21F3N4O5S. The summed E-state index contributed by atoms with van der Waals surface area (Å²) in [6.07, 6.45) is 1.86. The SMILES string of the molecule is Cc1c(O)n(-c2ccc(S(=O)(=O)C(F)(F)F)cc2)c(=O)n1C(NC(=O)Cc1ccccc1)c1ccncc1. The van der Waals surface area contributed by atoms with Crippen molar-refractivity contribution in [2.45, 2.75) is 29.9 Å². The number of benzene rings is 2. The second kappa shape index (κ2) is 10.2. The summed E-state index contributed by atoms with van der Waals surface area (Å²) in [6, 6.07) is 15.4. The van der Waals surface area contributed by atoms with Gasteiger partial charge in [0.15, 0.2) is 0 Å².